The van der Waals surface area contributed by atoms with Gasteiger partial charge in [-0.2, -0.15) is 0 Å². The summed E-state index contributed by atoms with van der Waals surface area (Å²) < 4.78 is 0. The molecule has 0 aliphatic heterocycles. The van der Waals surface area contributed by atoms with Crippen LogP contribution in [0.15, 0.2) is 11.6 Å². The van der Waals surface area contributed by atoms with Gasteiger partial charge in [0.15, 0.2) is 0 Å². The molecule has 0 radical (unpaired) electrons. The number of rotatable bonds is 0. The van der Waals surface area contributed by atoms with Crippen LogP contribution in [-0.4, -0.2) is 34.2 Å². The van der Waals surface area contributed by atoms with Gasteiger partial charge in [-0.1, -0.05) is 25.5 Å². The van der Waals surface area contributed by atoms with Crippen LogP contribution < -0.4 is 5.73 Å². The van der Waals surface area contributed by atoms with Crippen molar-refractivity contribution in [2.24, 2.45) is 34.3 Å². The monoisotopic (exact) mass is 319 g/mol. The molecule has 0 aromatic heterocycles. The zero-order valence-corrected chi connectivity index (χ0v) is 14.2. The van der Waals surface area contributed by atoms with Gasteiger partial charge in [0.2, 0.25) is 0 Å². The van der Waals surface area contributed by atoms with Gasteiger partial charge in [-0.3, -0.25) is 4.79 Å². The van der Waals surface area contributed by atoms with Gasteiger partial charge in [-0.15, -0.1) is 0 Å². The molecule has 0 bridgehead atoms. The fourth-order valence-corrected chi connectivity index (χ4v) is 6.51. The lowest BCUT2D eigenvalue weighted by Gasteiger charge is -2.59. The van der Waals surface area contributed by atoms with Gasteiger partial charge in [0.25, 0.3) is 0 Å². The number of nitrogens with two attached hydrogens (primary N) is 1. The molecule has 4 aliphatic rings. The van der Waals surface area contributed by atoms with E-state index in [0.717, 1.165) is 25.7 Å². The number of hydrogen-bond donors (Lipinski definition) is 3. The third-order valence-electron chi connectivity index (χ3n) is 8.03. The molecule has 8 atom stereocenters. The molecule has 4 N–H and O–H groups in total. The van der Waals surface area contributed by atoms with Gasteiger partial charge in [0.05, 0.1) is 18.2 Å². The van der Waals surface area contributed by atoms with E-state index in [2.05, 4.69) is 13.8 Å². The van der Waals surface area contributed by atoms with Crippen molar-refractivity contribution < 1.29 is 15.0 Å². The van der Waals surface area contributed by atoms with Crippen LogP contribution in [0.5, 0.6) is 0 Å². The minimum Gasteiger partial charge on any atom is -0.392 e. The molecule has 3 saturated carbocycles. The van der Waals surface area contributed by atoms with Crippen LogP contribution >= 0.6 is 0 Å². The second-order valence-corrected chi connectivity index (χ2v) is 8.97. The van der Waals surface area contributed by atoms with Crippen molar-refractivity contribution in [3.63, 3.8) is 0 Å². The Labute approximate surface area is 138 Å². The number of Topliss-reactive ketones (excluding diaryl/α,β-unsaturated/α-hetero) is 1. The molecule has 0 amide bonds. The predicted molar refractivity (Wildman–Crippen MR) is 87.5 cm³/mol. The van der Waals surface area contributed by atoms with E-state index >= 15 is 0 Å². The van der Waals surface area contributed by atoms with Gasteiger partial charge < -0.3 is 15.9 Å². The summed E-state index contributed by atoms with van der Waals surface area (Å²) in [6, 6.07) is -0.362. The Kier molecular flexibility index (Phi) is 3.37. The Morgan fingerprint density at radius 2 is 1.87 bits per heavy atom. The molecule has 0 heterocycles. The number of ketones is 1. The van der Waals surface area contributed by atoms with Gasteiger partial charge >= 0.3 is 0 Å². The first kappa shape index (κ1) is 15.8. The molecule has 0 spiro atoms. The van der Waals surface area contributed by atoms with Gasteiger partial charge in [-0.25, -0.2) is 0 Å². The van der Waals surface area contributed by atoms with E-state index in [1.54, 1.807) is 0 Å². The molecular formula is C19H29NO3. The number of aliphatic hydroxyl groups is 2. The summed E-state index contributed by atoms with van der Waals surface area (Å²) in [5, 5.41) is 20.9. The largest absolute Gasteiger partial charge is 0.392 e. The summed E-state index contributed by atoms with van der Waals surface area (Å²) in [5.74, 6) is 0.963. The van der Waals surface area contributed by atoms with Crippen molar-refractivity contribution in [3.05, 3.63) is 11.6 Å². The van der Waals surface area contributed by atoms with Crippen molar-refractivity contribution in [2.75, 3.05) is 0 Å². The Morgan fingerprint density at radius 3 is 2.61 bits per heavy atom. The highest BCUT2D eigenvalue weighted by atomic mass is 16.3. The second-order valence-electron chi connectivity index (χ2n) is 8.97. The Hall–Kier alpha value is -0.710. The molecule has 0 aromatic rings. The number of hydrogen-bond acceptors (Lipinski definition) is 4. The molecule has 0 saturated heterocycles. The van der Waals surface area contributed by atoms with Crippen molar-refractivity contribution in [1.82, 2.24) is 0 Å². The van der Waals surface area contributed by atoms with Crippen LogP contribution in [0.25, 0.3) is 0 Å². The van der Waals surface area contributed by atoms with E-state index < -0.39 is 6.10 Å². The zero-order chi connectivity index (χ0) is 16.6. The number of carbonyl (C=O) groups is 1. The summed E-state index contributed by atoms with van der Waals surface area (Å²) in [4.78, 5) is 12.3. The number of fused-ring (bicyclic) bond motifs is 5. The average molecular weight is 319 g/mol. The molecule has 128 valence electrons. The molecule has 4 nitrogen and oxygen atoms in total. The van der Waals surface area contributed by atoms with Crippen LogP contribution in [0.4, 0.5) is 0 Å². The summed E-state index contributed by atoms with van der Waals surface area (Å²) >= 11 is 0. The maximum atomic E-state index is 12.3. The molecule has 0 unspecified atom stereocenters. The second kappa shape index (κ2) is 4.90. The minimum absolute atomic E-state index is 0.0696. The van der Waals surface area contributed by atoms with E-state index in [0.29, 0.717) is 18.8 Å². The van der Waals surface area contributed by atoms with Crippen LogP contribution in [-0.2, 0) is 4.79 Å². The quantitative estimate of drug-likeness (QED) is 0.594. The topological polar surface area (TPSA) is 83.5 Å². The molecular weight excluding hydrogens is 290 g/mol. The Morgan fingerprint density at radius 1 is 1.13 bits per heavy atom. The lowest BCUT2D eigenvalue weighted by Crippen LogP contribution is -2.57. The van der Waals surface area contributed by atoms with E-state index in [1.807, 2.05) is 6.08 Å². The fourth-order valence-electron chi connectivity index (χ4n) is 6.51. The third-order valence-corrected chi connectivity index (χ3v) is 8.03. The van der Waals surface area contributed by atoms with E-state index in [1.165, 1.54) is 5.57 Å². The van der Waals surface area contributed by atoms with Crippen molar-refractivity contribution >= 4 is 5.78 Å². The highest BCUT2D eigenvalue weighted by Crippen LogP contribution is 2.64. The van der Waals surface area contributed by atoms with Crippen molar-refractivity contribution in [1.29, 1.82) is 0 Å². The van der Waals surface area contributed by atoms with Crippen LogP contribution in [0.2, 0.25) is 0 Å². The molecule has 3 fully saturated rings. The number of aliphatic hydroxyl groups excluding tert-OH is 2. The van der Waals surface area contributed by atoms with E-state index in [4.69, 9.17) is 5.73 Å². The number of carbonyl (C=O) groups excluding carboxylic acids is 1. The van der Waals surface area contributed by atoms with Gasteiger partial charge in [0.1, 0.15) is 5.78 Å². The summed E-state index contributed by atoms with van der Waals surface area (Å²) in [6.07, 6.45) is 6.19. The van der Waals surface area contributed by atoms with Gasteiger partial charge in [-0.05, 0) is 60.7 Å². The SMILES string of the molecule is C[C@]12CC[C@H]3[C@@H]([C@@H](O)CC4=C[C@H](O)CC[C@@]43C)[C@@H]1CC(=O)[C@@H]2N. The standard InChI is InChI=1S/C19H29NO3/c1-18-5-3-11(21)7-10(18)8-14(22)16-12(18)4-6-19(2)13(16)9-15(23)17(19)20/h7,11-14,16-17,21-22H,3-6,8-9,20H2,1-2H3/t11-,12+,13+,14+,16-,17+,18+,19+/m1/s1. The van der Waals surface area contributed by atoms with Crippen LogP contribution in [0.1, 0.15) is 52.4 Å². The average Bonchev–Trinajstić information content (AvgIpc) is 2.73. The fraction of sp³-hybridized carbons (Fsp3) is 0.842. The van der Waals surface area contributed by atoms with Crippen molar-refractivity contribution in [2.45, 2.75) is 70.6 Å². The van der Waals surface area contributed by atoms with Gasteiger partial charge in [0, 0.05) is 6.42 Å². The molecule has 4 aliphatic carbocycles. The lowest BCUT2D eigenvalue weighted by atomic mass is 9.46. The molecule has 23 heavy (non-hydrogen) atoms. The lowest BCUT2D eigenvalue weighted by molar-refractivity contribution is -0.119. The Balaban J connectivity index is 1.74. The van der Waals surface area contributed by atoms with Crippen LogP contribution in [0, 0.1) is 28.6 Å². The molecule has 4 rings (SSSR count). The Bertz CT molecular complexity index is 573. The smallest absolute Gasteiger partial charge is 0.150 e. The first-order valence-electron chi connectivity index (χ1n) is 9.13. The van der Waals surface area contributed by atoms with Crippen LogP contribution in [0.3, 0.4) is 0 Å². The maximum Gasteiger partial charge on any atom is 0.150 e. The summed E-state index contributed by atoms with van der Waals surface area (Å²) in [7, 11) is 0. The molecule has 4 heteroatoms. The van der Waals surface area contributed by atoms with Crippen molar-refractivity contribution in [3.8, 4) is 0 Å². The predicted octanol–water partition coefficient (Wildman–Crippen LogP) is 1.79. The maximum absolute atomic E-state index is 12.3. The normalized spacial score (nSPS) is 55.7. The zero-order valence-electron chi connectivity index (χ0n) is 14.2. The first-order chi connectivity index (χ1) is 10.8. The highest BCUT2D eigenvalue weighted by molar-refractivity contribution is 5.87. The summed E-state index contributed by atoms with van der Waals surface area (Å²) in [5.41, 5.74) is 7.40. The van der Waals surface area contributed by atoms with E-state index in [9.17, 15) is 15.0 Å². The third kappa shape index (κ3) is 1.98. The highest BCUT2D eigenvalue weighted by Gasteiger charge is 2.62. The molecule has 0 aromatic carbocycles. The van der Waals surface area contributed by atoms with E-state index in [-0.39, 0.29) is 40.6 Å². The first-order valence-corrected chi connectivity index (χ1v) is 9.13. The summed E-state index contributed by atoms with van der Waals surface area (Å²) in [6.45, 7) is 4.47. The minimum atomic E-state index is -0.410.